The van der Waals surface area contributed by atoms with Gasteiger partial charge in [-0.05, 0) is 25.1 Å². The molecule has 0 saturated carbocycles. The maximum atomic E-state index is 11.3. The summed E-state index contributed by atoms with van der Waals surface area (Å²) < 4.78 is 1.46. The van der Waals surface area contributed by atoms with Crippen LogP contribution < -0.4 is 5.73 Å². The maximum absolute atomic E-state index is 11.3. The van der Waals surface area contributed by atoms with Gasteiger partial charge in [0, 0.05) is 16.8 Å². The highest BCUT2D eigenvalue weighted by molar-refractivity contribution is 5.95. The molecule has 2 aromatic heterocycles. The van der Waals surface area contributed by atoms with Gasteiger partial charge in [0.15, 0.2) is 5.65 Å². The molecular formula is C15H12N4O3. The van der Waals surface area contributed by atoms with E-state index in [0.717, 1.165) is 5.69 Å². The molecule has 2 heterocycles. The molecule has 0 unspecified atom stereocenters. The first-order valence-electron chi connectivity index (χ1n) is 6.46. The highest BCUT2D eigenvalue weighted by atomic mass is 16.4. The summed E-state index contributed by atoms with van der Waals surface area (Å²) in [6.45, 7) is 1.80. The van der Waals surface area contributed by atoms with Gasteiger partial charge < -0.3 is 10.8 Å². The van der Waals surface area contributed by atoms with Crippen LogP contribution in [0.3, 0.4) is 0 Å². The van der Waals surface area contributed by atoms with Gasteiger partial charge in [0.1, 0.15) is 5.56 Å². The Kier molecular flexibility index (Phi) is 3.10. The van der Waals surface area contributed by atoms with Crippen molar-refractivity contribution in [2.45, 2.75) is 6.92 Å². The zero-order valence-corrected chi connectivity index (χ0v) is 11.6. The van der Waals surface area contributed by atoms with E-state index < -0.39 is 11.9 Å². The molecule has 0 aliphatic heterocycles. The number of fused-ring (bicyclic) bond motifs is 1. The predicted molar refractivity (Wildman–Crippen MR) is 78.6 cm³/mol. The van der Waals surface area contributed by atoms with Gasteiger partial charge in [0.25, 0.3) is 0 Å². The number of aromatic carboxylic acids is 1. The summed E-state index contributed by atoms with van der Waals surface area (Å²) in [5.74, 6) is -1.62. The number of primary amides is 1. The fourth-order valence-corrected chi connectivity index (χ4v) is 2.24. The minimum Gasteiger partial charge on any atom is -0.477 e. The summed E-state index contributed by atoms with van der Waals surface area (Å²) in [7, 11) is 0. The smallest absolute Gasteiger partial charge is 0.341 e. The second-order valence-electron chi connectivity index (χ2n) is 4.83. The Morgan fingerprint density at radius 3 is 2.73 bits per heavy atom. The maximum Gasteiger partial charge on any atom is 0.341 e. The summed E-state index contributed by atoms with van der Waals surface area (Å²) in [6, 6.07) is 8.48. The minimum absolute atomic E-state index is 0.0241. The fraction of sp³-hybridized carbons (Fsp3) is 0.0667. The van der Waals surface area contributed by atoms with Gasteiger partial charge in [-0.1, -0.05) is 12.1 Å². The molecule has 1 amide bonds. The molecular weight excluding hydrogens is 284 g/mol. The van der Waals surface area contributed by atoms with Crippen molar-refractivity contribution in [2.75, 3.05) is 0 Å². The summed E-state index contributed by atoms with van der Waals surface area (Å²) in [5, 5.41) is 13.2. The average molecular weight is 296 g/mol. The van der Waals surface area contributed by atoms with Gasteiger partial charge in [-0.25, -0.2) is 14.3 Å². The van der Waals surface area contributed by atoms with E-state index in [1.807, 2.05) is 0 Å². The van der Waals surface area contributed by atoms with Crippen molar-refractivity contribution in [3.63, 3.8) is 0 Å². The zero-order valence-electron chi connectivity index (χ0n) is 11.6. The molecule has 0 fully saturated rings. The Bertz CT molecular complexity index is 914. The first-order valence-corrected chi connectivity index (χ1v) is 6.46. The molecule has 22 heavy (non-hydrogen) atoms. The Hall–Kier alpha value is -3.22. The highest BCUT2D eigenvalue weighted by Crippen LogP contribution is 2.22. The third-order valence-electron chi connectivity index (χ3n) is 3.32. The van der Waals surface area contributed by atoms with Crippen LogP contribution in [0.15, 0.2) is 36.5 Å². The molecule has 0 spiro atoms. The number of hydrogen-bond acceptors (Lipinski definition) is 4. The second kappa shape index (κ2) is 4.96. The van der Waals surface area contributed by atoms with E-state index in [0.29, 0.717) is 16.8 Å². The molecule has 1 aromatic carbocycles. The van der Waals surface area contributed by atoms with E-state index in [2.05, 4.69) is 10.1 Å². The minimum atomic E-state index is -1.09. The van der Waals surface area contributed by atoms with Crippen LogP contribution >= 0.6 is 0 Å². The Labute approximate surface area is 125 Å². The number of carboxylic acid groups (broad SMARTS) is 1. The molecule has 0 radical (unpaired) electrons. The summed E-state index contributed by atoms with van der Waals surface area (Å²) in [4.78, 5) is 26.9. The van der Waals surface area contributed by atoms with Crippen molar-refractivity contribution in [3.8, 4) is 11.3 Å². The van der Waals surface area contributed by atoms with E-state index >= 15 is 0 Å². The van der Waals surface area contributed by atoms with Gasteiger partial charge in [0.2, 0.25) is 5.91 Å². The summed E-state index contributed by atoms with van der Waals surface area (Å²) >= 11 is 0. The van der Waals surface area contributed by atoms with Gasteiger partial charge in [0.05, 0.1) is 11.9 Å². The molecule has 0 aliphatic carbocycles. The summed E-state index contributed by atoms with van der Waals surface area (Å²) in [6.07, 6.45) is 1.27. The summed E-state index contributed by atoms with van der Waals surface area (Å²) in [5.41, 5.74) is 7.89. The Balaban J connectivity index is 2.23. The van der Waals surface area contributed by atoms with E-state index in [4.69, 9.17) is 5.73 Å². The molecule has 7 heteroatoms. The number of rotatable bonds is 3. The van der Waals surface area contributed by atoms with Crippen LogP contribution in [0.1, 0.15) is 26.4 Å². The van der Waals surface area contributed by atoms with Crippen molar-refractivity contribution in [3.05, 3.63) is 53.3 Å². The van der Waals surface area contributed by atoms with Gasteiger partial charge >= 0.3 is 5.97 Å². The number of benzene rings is 1. The van der Waals surface area contributed by atoms with Crippen molar-refractivity contribution in [2.24, 2.45) is 5.73 Å². The van der Waals surface area contributed by atoms with Crippen LogP contribution in [0.25, 0.3) is 16.9 Å². The standard InChI is InChI=1S/C15H12N4O3/c1-8-5-12(9-3-2-4-10(6-9)13(16)20)18-14-11(15(21)22)7-17-19(8)14/h2-7H,1H3,(H2,16,20)(H,21,22). The van der Waals surface area contributed by atoms with E-state index in [9.17, 15) is 14.7 Å². The van der Waals surface area contributed by atoms with Crippen LogP contribution in [0, 0.1) is 6.92 Å². The number of nitrogens with zero attached hydrogens (tertiary/aromatic N) is 3. The predicted octanol–water partition coefficient (Wildman–Crippen LogP) is 1.50. The van der Waals surface area contributed by atoms with E-state index in [-0.39, 0.29) is 11.2 Å². The number of nitrogens with two attached hydrogens (primary N) is 1. The molecule has 110 valence electrons. The van der Waals surface area contributed by atoms with Crippen LogP contribution in [0.2, 0.25) is 0 Å². The number of carbonyl (C=O) groups is 2. The van der Waals surface area contributed by atoms with Gasteiger partial charge in [-0.2, -0.15) is 5.10 Å². The third-order valence-corrected chi connectivity index (χ3v) is 3.32. The van der Waals surface area contributed by atoms with E-state index in [1.165, 1.54) is 10.7 Å². The molecule has 0 atom stereocenters. The average Bonchev–Trinajstić information content (AvgIpc) is 2.92. The van der Waals surface area contributed by atoms with Crippen molar-refractivity contribution < 1.29 is 14.7 Å². The lowest BCUT2D eigenvalue weighted by molar-refractivity contribution is 0.0698. The quantitative estimate of drug-likeness (QED) is 0.761. The zero-order chi connectivity index (χ0) is 15.9. The van der Waals surface area contributed by atoms with Gasteiger partial charge in [-0.3, -0.25) is 4.79 Å². The topological polar surface area (TPSA) is 111 Å². The van der Waals surface area contributed by atoms with Crippen LogP contribution in [0.4, 0.5) is 0 Å². The molecule has 0 aliphatic rings. The monoisotopic (exact) mass is 296 g/mol. The molecule has 7 nitrogen and oxygen atoms in total. The lowest BCUT2D eigenvalue weighted by atomic mass is 10.1. The van der Waals surface area contributed by atoms with Crippen molar-refractivity contribution in [1.29, 1.82) is 0 Å². The normalized spacial score (nSPS) is 10.8. The third kappa shape index (κ3) is 2.18. The molecule has 0 saturated heterocycles. The largest absolute Gasteiger partial charge is 0.477 e. The van der Waals surface area contributed by atoms with Gasteiger partial charge in [-0.15, -0.1) is 0 Å². The number of amides is 1. The SMILES string of the molecule is Cc1cc(-c2cccc(C(N)=O)c2)nc2c(C(=O)O)cnn12. The Morgan fingerprint density at radius 1 is 1.27 bits per heavy atom. The van der Waals surface area contributed by atoms with Crippen LogP contribution in [-0.2, 0) is 0 Å². The lowest BCUT2D eigenvalue weighted by Gasteiger charge is -2.06. The number of hydrogen-bond donors (Lipinski definition) is 2. The first-order chi connectivity index (χ1) is 10.5. The highest BCUT2D eigenvalue weighted by Gasteiger charge is 2.15. The van der Waals surface area contributed by atoms with Crippen molar-refractivity contribution >= 4 is 17.5 Å². The number of aromatic nitrogens is 3. The van der Waals surface area contributed by atoms with Crippen LogP contribution in [-0.4, -0.2) is 31.6 Å². The number of carbonyl (C=O) groups excluding carboxylic acids is 1. The number of aryl methyl sites for hydroxylation is 1. The second-order valence-corrected chi connectivity index (χ2v) is 4.83. The first kappa shape index (κ1) is 13.7. The fourth-order valence-electron chi connectivity index (χ4n) is 2.24. The molecule has 0 bridgehead atoms. The lowest BCUT2D eigenvalue weighted by Crippen LogP contribution is -2.10. The van der Waals surface area contributed by atoms with Crippen LogP contribution in [0.5, 0.6) is 0 Å². The van der Waals surface area contributed by atoms with Crippen molar-refractivity contribution in [1.82, 2.24) is 14.6 Å². The molecule has 3 N–H and O–H groups in total. The Morgan fingerprint density at radius 2 is 2.05 bits per heavy atom. The van der Waals surface area contributed by atoms with E-state index in [1.54, 1.807) is 37.3 Å². The number of carboxylic acids is 1. The molecule has 3 aromatic rings. The molecule has 3 rings (SSSR count).